The summed E-state index contributed by atoms with van der Waals surface area (Å²) in [6, 6.07) is 5.60. The minimum atomic E-state index is 0.644. The first-order valence-corrected chi connectivity index (χ1v) is 5.68. The van der Waals surface area contributed by atoms with Gasteiger partial charge in [0.25, 0.3) is 0 Å². The maximum Gasteiger partial charge on any atom is 0.142 e. The topological polar surface area (TPSA) is 75.9 Å². The predicted molar refractivity (Wildman–Crippen MR) is 66.2 cm³/mol. The summed E-state index contributed by atoms with van der Waals surface area (Å²) in [5.74, 6) is 6.72. The lowest BCUT2D eigenvalue weighted by atomic mass is 10.4. The van der Waals surface area contributed by atoms with Crippen LogP contribution in [-0.4, -0.2) is 9.97 Å². The first-order chi connectivity index (χ1) is 7.78. The summed E-state index contributed by atoms with van der Waals surface area (Å²) in [5, 5.41) is 4.28. The van der Waals surface area contributed by atoms with Gasteiger partial charge < -0.3 is 10.7 Å². The molecule has 6 heteroatoms. The first kappa shape index (κ1) is 10.8. The molecule has 0 saturated heterocycles. The number of aromatic nitrogens is 2. The van der Waals surface area contributed by atoms with Gasteiger partial charge in [-0.15, -0.1) is 11.3 Å². The number of nitrogens with zero attached hydrogens (tertiary/aromatic N) is 2. The van der Waals surface area contributed by atoms with E-state index in [2.05, 4.69) is 20.7 Å². The molecule has 2 rings (SSSR count). The summed E-state index contributed by atoms with van der Waals surface area (Å²) in [4.78, 5) is 9.62. The van der Waals surface area contributed by atoms with Gasteiger partial charge in [0.15, 0.2) is 0 Å². The second-order valence-electron chi connectivity index (χ2n) is 3.25. The Bertz CT molecular complexity index is 468. The Morgan fingerprint density at radius 3 is 2.88 bits per heavy atom. The average molecular weight is 235 g/mol. The standard InChI is InChI=1S/C10H13N5S/c1-7-12-5-8(16-7)6-13-9-3-2-4-10(14-9)15-11/h2-5H,6,11H2,1H3,(H2,13,14,15). The van der Waals surface area contributed by atoms with E-state index >= 15 is 0 Å². The van der Waals surface area contributed by atoms with Crippen LogP contribution >= 0.6 is 11.3 Å². The van der Waals surface area contributed by atoms with Crippen LogP contribution in [0.1, 0.15) is 9.88 Å². The summed E-state index contributed by atoms with van der Waals surface area (Å²) in [7, 11) is 0. The van der Waals surface area contributed by atoms with Crippen LogP contribution in [0.2, 0.25) is 0 Å². The number of nitrogen functional groups attached to an aromatic ring is 1. The van der Waals surface area contributed by atoms with E-state index in [-0.39, 0.29) is 0 Å². The lowest BCUT2D eigenvalue weighted by Gasteiger charge is -2.05. The molecule has 0 amide bonds. The molecule has 5 nitrogen and oxygen atoms in total. The lowest BCUT2D eigenvalue weighted by Crippen LogP contribution is -2.09. The number of anilines is 2. The van der Waals surface area contributed by atoms with E-state index in [1.54, 1.807) is 11.3 Å². The van der Waals surface area contributed by atoms with Crippen molar-refractivity contribution < 1.29 is 0 Å². The number of rotatable bonds is 4. The number of hydrazine groups is 1. The van der Waals surface area contributed by atoms with E-state index in [0.29, 0.717) is 5.82 Å². The van der Waals surface area contributed by atoms with Crippen LogP contribution in [0.25, 0.3) is 0 Å². The second-order valence-corrected chi connectivity index (χ2v) is 4.57. The van der Waals surface area contributed by atoms with Crippen molar-refractivity contribution in [3.63, 3.8) is 0 Å². The molecule has 0 aliphatic carbocycles. The van der Waals surface area contributed by atoms with E-state index < -0.39 is 0 Å². The number of thiazole rings is 1. The van der Waals surface area contributed by atoms with Gasteiger partial charge in [0, 0.05) is 11.1 Å². The summed E-state index contributed by atoms with van der Waals surface area (Å²) in [6.07, 6.45) is 1.87. The highest BCUT2D eigenvalue weighted by molar-refractivity contribution is 7.11. The van der Waals surface area contributed by atoms with Gasteiger partial charge in [-0.05, 0) is 19.1 Å². The van der Waals surface area contributed by atoms with Gasteiger partial charge in [0.05, 0.1) is 11.6 Å². The molecule has 2 aromatic rings. The van der Waals surface area contributed by atoms with Gasteiger partial charge in [-0.1, -0.05) is 6.07 Å². The van der Waals surface area contributed by atoms with Gasteiger partial charge >= 0.3 is 0 Å². The van der Waals surface area contributed by atoms with Crippen molar-refractivity contribution in [2.45, 2.75) is 13.5 Å². The molecule has 4 N–H and O–H groups in total. The summed E-state index contributed by atoms with van der Waals surface area (Å²) in [5.41, 5.74) is 2.51. The third kappa shape index (κ3) is 2.68. The zero-order chi connectivity index (χ0) is 11.4. The number of nitrogens with one attached hydrogen (secondary N) is 2. The van der Waals surface area contributed by atoms with Gasteiger partial charge in [0.1, 0.15) is 11.6 Å². The summed E-state index contributed by atoms with van der Waals surface area (Å²) >= 11 is 1.68. The first-order valence-electron chi connectivity index (χ1n) is 4.87. The van der Waals surface area contributed by atoms with E-state index in [0.717, 1.165) is 17.4 Å². The molecule has 84 valence electrons. The Morgan fingerprint density at radius 2 is 2.19 bits per heavy atom. The Morgan fingerprint density at radius 1 is 1.38 bits per heavy atom. The van der Waals surface area contributed by atoms with Crippen molar-refractivity contribution in [1.82, 2.24) is 9.97 Å². The zero-order valence-electron chi connectivity index (χ0n) is 8.90. The van der Waals surface area contributed by atoms with Crippen LogP contribution in [0.5, 0.6) is 0 Å². The fourth-order valence-electron chi connectivity index (χ4n) is 1.28. The zero-order valence-corrected chi connectivity index (χ0v) is 9.71. The maximum absolute atomic E-state index is 5.28. The largest absolute Gasteiger partial charge is 0.365 e. The van der Waals surface area contributed by atoms with Crippen molar-refractivity contribution in [1.29, 1.82) is 0 Å². The molecule has 0 saturated carbocycles. The quantitative estimate of drug-likeness (QED) is 0.556. The van der Waals surface area contributed by atoms with Crippen molar-refractivity contribution >= 4 is 23.0 Å². The van der Waals surface area contributed by atoms with Crippen LogP contribution in [0.3, 0.4) is 0 Å². The van der Waals surface area contributed by atoms with Crippen LogP contribution in [0.15, 0.2) is 24.4 Å². The molecule has 0 unspecified atom stereocenters. The fourth-order valence-corrected chi connectivity index (χ4v) is 2.01. The molecule has 2 aromatic heterocycles. The minimum Gasteiger partial charge on any atom is -0.365 e. The number of hydrogen-bond donors (Lipinski definition) is 3. The van der Waals surface area contributed by atoms with Gasteiger partial charge in [-0.2, -0.15) is 0 Å². The van der Waals surface area contributed by atoms with Crippen molar-refractivity contribution in [3.8, 4) is 0 Å². The molecular formula is C10H13N5S. The highest BCUT2D eigenvalue weighted by Crippen LogP contribution is 2.14. The molecule has 0 aliphatic heterocycles. The monoisotopic (exact) mass is 235 g/mol. The van der Waals surface area contributed by atoms with Crippen molar-refractivity contribution in [2.24, 2.45) is 5.84 Å². The van der Waals surface area contributed by atoms with Gasteiger partial charge in [-0.25, -0.2) is 15.8 Å². The third-order valence-electron chi connectivity index (χ3n) is 2.01. The van der Waals surface area contributed by atoms with Crippen LogP contribution in [-0.2, 0) is 6.54 Å². The van der Waals surface area contributed by atoms with Gasteiger partial charge in [-0.3, -0.25) is 0 Å². The Balaban J connectivity index is 1.99. The SMILES string of the molecule is Cc1ncc(CNc2cccc(NN)n2)s1. The molecule has 16 heavy (non-hydrogen) atoms. The second kappa shape index (κ2) is 4.91. The molecule has 0 spiro atoms. The lowest BCUT2D eigenvalue weighted by molar-refractivity contribution is 1.12. The molecular weight excluding hydrogens is 222 g/mol. The highest BCUT2D eigenvalue weighted by atomic mass is 32.1. The Hall–Kier alpha value is -1.66. The van der Waals surface area contributed by atoms with E-state index in [4.69, 9.17) is 5.84 Å². The van der Waals surface area contributed by atoms with Crippen LogP contribution in [0, 0.1) is 6.92 Å². The van der Waals surface area contributed by atoms with Crippen LogP contribution < -0.4 is 16.6 Å². The normalized spacial score (nSPS) is 10.1. The molecule has 0 aromatic carbocycles. The van der Waals surface area contributed by atoms with E-state index in [9.17, 15) is 0 Å². The molecule has 0 radical (unpaired) electrons. The summed E-state index contributed by atoms with van der Waals surface area (Å²) in [6.45, 7) is 2.72. The van der Waals surface area contributed by atoms with Crippen molar-refractivity contribution in [3.05, 3.63) is 34.3 Å². The molecule has 0 fully saturated rings. The Kier molecular flexibility index (Phi) is 3.33. The number of pyridine rings is 1. The number of nitrogens with two attached hydrogens (primary N) is 1. The molecule has 0 aliphatic rings. The third-order valence-corrected chi connectivity index (χ3v) is 2.92. The van der Waals surface area contributed by atoms with E-state index in [1.807, 2.05) is 31.3 Å². The number of hydrogen-bond acceptors (Lipinski definition) is 6. The fraction of sp³-hybridized carbons (Fsp3) is 0.200. The molecule has 0 bridgehead atoms. The maximum atomic E-state index is 5.28. The highest BCUT2D eigenvalue weighted by Gasteiger charge is 1.99. The molecule has 0 atom stereocenters. The average Bonchev–Trinajstić information content (AvgIpc) is 2.73. The predicted octanol–water partition coefficient (Wildman–Crippen LogP) is 1.74. The summed E-state index contributed by atoms with van der Waals surface area (Å²) < 4.78 is 0. The van der Waals surface area contributed by atoms with Crippen LogP contribution in [0.4, 0.5) is 11.6 Å². The molecule has 2 heterocycles. The van der Waals surface area contributed by atoms with Crippen molar-refractivity contribution in [2.75, 3.05) is 10.7 Å². The number of aryl methyl sites for hydroxylation is 1. The Labute approximate surface area is 97.7 Å². The van der Waals surface area contributed by atoms with Gasteiger partial charge in [0.2, 0.25) is 0 Å². The smallest absolute Gasteiger partial charge is 0.142 e. The minimum absolute atomic E-state index is 0.644. The van der Waals surface area contributed by atoms with E-state index in [1.165, 1.54) is 4.88 Å².